The average molecular weight is 331 g/mol. The molecule has 0 unspecified atom stereocenters. The highest BCUT2D eigenvalue weighted by molar-refractivity contribution is 7.89. The third-order valence-corrected chi connectivity index (χ3v) is 6.92. The quantitative estimate of drug-likeness (QED) is 0.868. The molecule has 5 nitrogen and oxygen atoms in total. The van der Waals surface area contributed by atoms with Gasteiger partial charge < -0.3 is 0 Å². The molecule has 4 rings (SSSR count). The van der Waals surface area contributed by atoms with Crippen molar-refractivity contribution in [1.82, 2.24) is 14.1 Å². The van der Waals surface area contributed by atoms with Crippen LogP contribution < -0.4 is 0 Å². The van der Waals surface area contributed by atoms with Crippen LogP contribution in [-0.2, 0) is 22.9 Å². The van der Waals surface area contributed by atoms with Crippen LogP contribution in [0.15, 0.2) is 41.6 Å². The molecule has 2 aromatic rings. The van der Waals surface area contributed by atoms with Crippen LogP contribution in [0.25, 0.3) is 0 Å². The largest absolute Gasteiger partial charge is 0.270 e. The molecule has 0 bridgehead atoms. The van der Waals surface area contributed by atoms with Gasteiger partial charge in [0.05, 0.1) is 10.9 Å². The van der Waals surface area contributed by atoms with Gasteiger partial charge >= 0.3 is 0 Å². The summed E-state index contributed by atoms with van der Waals surface area (Å²) in [7, 11) is -3.37. The number of nitrogens with zero attached hydrogens (tertiary/aromatic N) is 3. The fraction of sp³-hybridized carbons (Fsp3) is 0.471. The third kappa shape index (κ3) is 2.70. The first-order valence-corrected chi connectivity index (χ1v) is 9.70. The fourth-order valence-corrected chi connectivity index (χ4v) is 5.22. The van der Waals surface area contributed by atoms with Crippen LogP contribution in [0.2, 0.25) is 0 Å². The fourth-order valence-electron chi connectivity index (χ4n) is 3.70. The van der Waals surface area contributed by atoms with E-state index in [-0.39, 0.29) is 0 Å². The maximum atomic E-state index is 12.9. The predicted octanol–water partition coefficient (Wildman–Crippen LogP) is 2.40. The number of hydrogen-bond donors (Lipinski definition) is 0. The van der Waals surface area contributed by atoms with Gasteiger partial charge in [0.25, 0.3) is 0 Å². The Hall–Kier alpha value is -1.66. The van der Waals surface area contributed by atoms with Crippen LogP contribution in [0.3, 0.4) is 0 Å². The molecule has 0 atom stereocenters. The van der Waals surface area contributed by atoms with E-state index in [2.05, 4.69) is 5.10 Å². The maximum absolute atomic E-state index is 12.9. The van der Waals surface area contributed by atoms with Crippen molar-refractivity contribution in [2.75, 3.05) is 13.1 Å². The summed E-state index contributed by atoms with van der Waals surface area (Å²) in [4.78, 5) is 0.454. The molecule has 0 spiro atoms. The van der Waals surface area contributed by atoms with Gasteiger partial charge in [-0.15, -0.1) is 0 Å². The molecule has 1 aromatic heterocycles. The lowest BCUT2D eigenvalue weighted by Crippen LogP contribution is -2.39. The van der Waals surface area contributed by atoms with E-state index in [0.29, 0.717) is 24.0 Å². The minimum absolute atomic E-state index is 0.302. The summed E-state index contributed by atoms with van der Waals surface area (Å²) < 4.78 is 29.3. The number of hydrogen-bond acceptors (Lipinski definition) is 3. The summed E-state index contributed by atoms with van der Waals surface area (Å²) in [6.07, 6.45) is 8.56. The highest BCUT2D eigenvalue weighted by atomic mass is 32.2. The molecule has 2 heterocycles. The van der Waals surface area contributed by atoms with Crippen LogP contribution >= 0.6 is 0 Å². The summed E-state index contributed by atoms with van der Waals surface area (Å²) in [6.45, 7) is 1.12. The van der Waals surface area contributed by atoms with Gasteiger partial charge in [0.2, 0.25) is 10.0 Å². The molecule has 1 aromatic carbocycles. The summed E-state index contributed by atoms with van der Waals surface area (Å²) >= 11 is 0. The van der Waals surface area contributed by atoms with Crippen molar-refractivity contribution >= 4 is 10.0 Å². The number of rotatable bonds is 3. The van der Waals surface area contributed by atoms with Gasteiger partial charge in [-0.25, -0.2) is 8.42 Å². The van der Waals surface area contributed by atoms with E-state index < -0.39 is 10.0 Å². The van der Waals surface area contributed by atoms with Gasteiger partial charge in [-0.1, -0.05) is 6.07 Å². The molecule has 0 amide bonds. The minimum atomic E-state index is -3.37. The topological polar surface area (TPSA) is 55.2 Å². The van der Waals surface area contributed by atoms with Crippen LogP contribution in [0, 0.1) is 0 Å². The van der Waals surface area contributed by atoms with Gasteiger partial charge in [-0.05, 0) is 61.4 Å². The number of aryl methyl sites for hydroxylation is 2. The molecule has 1 aliphatic carbocycles. The predicted molar refractivity (Wildman–Crippen MR) is 87.7 cm³/mol. The molecular formula is C17H21N3O2S. The monoisotopic (exact) mass is 331 g/mol. The van der Waals surface area contributed by atoms with Crippen LogP contribution in [0.4, 0.5) is 0 Å². The van der Waals surface area contributed by atoms with Crippen molar-refractivity contribution in [3.8, 4) is 0 Å². The molecule has 0 radical (unpaired) electrons. The molecule has 0 saturated carbocycles. The molecule has 23 heavy (non-hydrogen) atoms. The van der Waals surface area contributed by atoms with E-state index in [0.717, 1.165) is 32.1 Å². The van der Waals surface area contributed by atoms with Gasteiger partial charge in [0.1, 0.15) is 0 Å². The van der Waals surface area contributed by atoms with Gasteiger partial charge in [-0.3, -0.25) is 4.68 Å². The van der Waals surface area contributed by atoms with Crippen molar-refractivity contribution < 1.29 is 8.42 Å². The molecule has 1 fully saturated rings. The van der Waals surface area contributed by atoms with Gasteiger partial charge in [0.15, 0.2) is 0 Å². The smallest absolute Gasteiger partial charge is 0.243 e. The normalized spacial score (nSPS) is 19.8. The zero-order valence-electron chi connectivity index (χ0n) is 13.1. The van der Waals surface area contributed by atoms with Gasteiger partial charge in [-0.2, -0.15) is 9.40 Å². The minimum Gasteiger partial charge on any atom is -0.270 e. The molecule has 0 N–H and O–H groups in total. The first-order chi connectivity index (χ1) is 11.1. The summed E-state index contributed by atoms with van der Waals surface area (Å²) in [6, 6.07) is 7.87. The second-order valence-electron chi connectivity index (χ2n) is 6.41. The molecule has 122 valence electrons. The van der Waals surface area contributed by atoms with E-state index in [9.17, 15) is 8.42 Å². The van der Waals surface area contributed by atoms with E-state index in [1.54, 1.807) is 16.6 Å². The van der Waals surface area contributed by atoms with Crippen molar-refractivity contribution in [3.05, 3.63) is 47.8 Å². The lowest BCUT2D eigenvalue weighted by atomic mass is 10.1. The Morgan fingerprint density at radius 3 is 2.61 bits per heavy atom. The number of benzene rings is 1. The van der Waals surface area contributed by atoms with Crippen molar-refractivity contribution in [2.24, 2.45) is 0 Å². The Morgan fingerprint density at radius 2 is 1.87 bits per heavy atom. The first-order valence-electron chi connectivity index (χ1n) is 8.26. The van der Waals surface area contributed by atoms with Crippen molar-refractivity contribution in [2.45, 2.75) is 43.0 Å². The Bertz CT molecular complexity index is 791. The number of piperidine rings is 1. The Kier molecular flexibility index (Phi) is 3.73. The highest BCUT2D eigenvalue weighted by Gasteiger charge is 2.30. The van der Waals surface area contributed by atoms with Crippen LogP contribution in [-0.4, -0.2) is 35.6 Å². The summed E-state index contributed by atoms with van der Waals surface area (Å²) in [5.74, 6) is 0. The average Bonchev–Trinajstić information content (AvgIpc) is 3.25. The number of fused-ring (bicyclic) bond motifs is 1. The molecule has 1 aliphatic heterocycles. The lowest BCUT2D eigenvalue weighted by molar-refractivity contribution is 0.261. The molecule has 1 saturated heterocycles. The highest BCUT2D eigenvalue weighted by Crippen LogP contribution is 2.29. The first kappa shape index (κ1) is 14.9. The maximum Gasteiger partial charge on any atom is 0.243 e. The van der Waals surface area contributed by atoms with Crippen molar-refractivity contribution in [1.29, 1.82) is 0 Å². The third-order valence-electron chi connectivity index (χ3n) is 5.03. The SMILES string of the molecule is O=S(=O)(c1ccc2c(c1)CCC2)N1CCC(n2cccn2)CC1. The number of aromatic nitrogens is 2. The molecule has 6 heteroatoms. The van der Waals surface area contributed by atoms with E-state index in [1.165, 1.54) is 11.1 Å². The standard InChI is InChI=1S/C17H21N3O2S/c21-23(22,17-6-5-14-3-1-4-15(14)13-17)19-11-7-16(8-12-19)20-10-2-9-18-20/h2,5-6,9-10,13,16H,1,3-4,7-8,11-12H2. The van der Waals surface area contributed by atoms with Crippen molar-refractivity contribution in [3.63, 3.8) is 0 Å². The number of sulfonamides is 1. The van der Waals surface area contributed by atoms with Crippen LogP contribution in [0.1, 0.15) is 36.4 Å². The summed E-state index contributed by atoms with van der Waals surface area (Å²) in [5.41, 5.74) is 2.51. The second-order valence-corrected chi connectivity index (χ2v) is 8.34. The van der Waals surface area contributed by atoms with E-state index in [1.807, 2.05) is 29.1 Å². The summed E-state index contributed by atoms with van der Waals surface area (Å²) in [5, 5.41) is 4.27. The Morgan fingerprint density at radius 1 is 1.09 bits per heavy atom. The van der Waals surface area contributed by atoms with Gasteiger partial charge in [0, 0.05) is 25.5 Å². The van der Waals surface area contributed by atoms with E-state index in [4.69, 9.17) is 0 Å². The Balaban J connectivity index is 1.51. The lowest BCUT2D eigenvalue weighted by Gasteiger charge is -2.31. The van der Waals surface area contributed by atoms with E-state index >= 15 is 0 Å². The Labute approximate surface area is 137 Å². The zero-order chi connectivity index (χ0) is 15.9. The molecule has 2 aliphatic rings. The zero-order valence-corrected chi connectivity index (χ0v) is 13.9. The molecular weight excluding hydrogens is 310 g/mol. The van der Waals surface area contributed by atoms with Crippen LogP contribution in [0.5, 0.6) is 0 Å². The second kappa shape index (κ2) is 5.76.